The number of hydrogen-bond acceptors (Lipinski definition) is 2. The number of rotatable bonds is 4. The van der Waals surface area contributed by atoms with Crippen molar-refractivity contribution in [2.75, 3.05) is 5.32 Å². The van der Waals surface area contributed by atoms with E-state index < -0.39 is 6.10 Å². The van der Waals surface area contributed by atoms with Crippen LogP contribution in [0.1, 0.15) is 18.1 Å². The predicted octanol–water partition coefficient (Wildman–Crippen LogP) is 4.86. The number of amides is 1. The van der Waals surface area contributed by atoms with Crippen LogP contribution in [-0.4, -0.2) is 12.0 Å². The van der Waals surface area contributed by atoms with Crippen LogP contribution in [0.4, 0.5) is 5.69 Å². The molecule has 0 spiro atoms. The molecule has 0 aliphatic heterocycles. The van der Waals surface area contributed by atoms with E-state index in [1.54, 1.807) is 6.92 Å². The van der Waals surface area contributed by atoms with Gasteiger partial charge in [0.15, 0.2) is 6.10 Å². The average molecular weight is 319 g/mol. The Morgan fingerprint density at radius 1 is 0.958 bits per heavy atom. The molecule has 3 rings (SSSR count). The molecule has 1 N–H and O–H groups in total. The fraction of sp³-hybridized carbons (Fsp3) is 0.190. The van der Waals surface area contributed by atoms with Crippen LogP contribution < -0.4 is 10.1 Å². The van der Waals surface area contributed by atoms with E-state index >= 15 is 0 Å². The van der Waals surface area contributed by atoms with Crippen molar-refractivity contribution in [1.29, 1.82) is 0 Å². The van der Waals surface area contributed by atoms with E-state index in [1.807, 2.05) is 74.5 Å². The summed E-state index contributed by atoms with van der Waals surface area (Å²) in [5.41, 5.74) is 2.98. The summed E-state index contributed by atoms with van der Waals surface area (Å²) < 4.78 is 5.81. The van der Waals surface area contributed by atoms with Gasteiger partial charge in [-0.2, -0.15) is 0 Å². The fourth-order valence-corrected chi connectivity index (χ4v) is 2.69. The number of anilines is 1. The van der Waals surface area contributed by atoms with Gasteiger partial charge in [0.1, 0.15) is 5.75 Å². The summed E-state index contributed by atoms with van der Waals surface area (Å²) in [6.07, 6.45) is -0.571. The lowest BCUT2D eigenvalue weighted by Crippen LogP contribution is -2.30. The zero-order valence-electron chi connectivity index (χ0n) is 14.2. The first-order valence-corrected chi connectivity index (χ1v) is 8.06. The second-order valence-corrected chi connectivity index (χ2v) is 6.08. The Kier molecular flexibility index (Phi) is 4.52. The summed E-state index contributed by atoms with van der Waals surface area (Å²) in [6, 6.07) is 19.9. The van der Waals surface area contributed by atoms with E-state index in [-0.39, 0.29) is 5.91 Å². The molecule has 0 heterocycles. The summed E-state index contributed by atoms with van der Waals surface area (Å²) >= 11 is 0. The minimum Gasteiger partial charge on any atom is -0.481 e. The molecule has 1 amide bonds. The van der Waals surface area contributed by atoms with E-state index in [4.69, 9.17) is 4.74 Å². The number of ether oxygens (including phenoxy) is 1. The first kappa shape index (κ1) is 16.1. The molecule has 0 fully saturated rings. The third kappa shape index (κ3) is 3.57. The minimum atomic E-state index is -0.571. The third-order valence-electron chi connectivity index (χ3n) is 4.02. The standard InChI is InChI=1S/C21H21NO2/c1-14-8-11-20(15(2)12-14)24-16(3)21(23)22-19-10-9-17-6-4-5-7-18(17)13-19/h4-13,16H,1-3H3,(H,22,23)/t16-/m0/s1. The number of fused-ring (bicyclic) bond motifs is 1. The molecule has 1 atom stereocenters. The third-order valence-corrected chi connectivity index (χ3v) is 4.02. The van der Waals surface area contributed by atoms with Crippen LogP contribution in [-0.2, 0) is 4.79 Å². The van der Waals surface area contributed by atoms with Gasteiger partial charge in [-0.15, -0.1) is 0 Å². The summed E-state index contributed by atoms with van der Waals surface area (Å²) in [5.74, 6) is 0.576. The number of benzene rings is 3. The lowest BCUT2D eigenvalue weighted by molar-refractivity contribution is -0.122. The Morgan fingerprint density at radius 3 is 2.46 bits per heavy atom. The Hall–Kier alpha value is -2.81. The van der Waals surface area contributed by atoms with Gasteiger partial charge >= 0.3 is 0 Å². The van der Waals surface area contributed by atoms with E-state index in [9.17, 15) is 4.79 Å². The van der Waals surface area contributed by atoms with Crippen LogP contribution in [0.3, 0.4) is 0 Å². The van der Waals surface area contributed by atoms with Gasteiger partial charge in [-0.25, -0.2) is 0 Å². The quantitative estimate of drug-likeness (QED) is 0.745. The van der Waals surface area contributed by atoms with Crippen LogP contribution in [0.25, 0.3) is 10.8 Å². The largest absolute Gasteiger partial charge is 0.481 e. The lowest BCUT2D eigenvalue weighted by Gasteiger charge is -2.16. The minimum absolute atomic E-state index is 0.162. The van der Waals surface area contributed by atoms with Crippen LogP contribution in [0, 0.1) is 13.8 Å². The highest BCUT2D eigenvalue weighted by Gasteiger charge is 2.16. The van der Waals surface area contributed by atoms with Crippen molar-refractivity contribution in [2.45, 2.75) is 26.9 Å². The normalized spacial score (nSPS) is 12.0. The molecule has 0 aromatic heterocycles. The average Bonchev–Trinajstić information content (AvgIpc) is 2.57. The molecule has 24 heavy (non-hydrogen) atoms. The predicted molar refractivity (Wildman–Crippen MR) is 98.6 cm³/mol. The van der Waals surface area contributed by atoms with Gasteiger partial charge in [-0.3, -0.25) is 4.79 Å². The number of hydrogen-bond donors (Lipinski definition) is 1. The van der Waals surface area contributed by atoms with E-state index in [0.717, 1.165) is 27.8 Å². The molecule has 3 aromatic rings. The highest BCUT2D eigenvalue weighted by Crippen LogP contribution is 2.22. The van der Waals surface area contributed by atoms with E-state index in [2.05, 4.69) is 5.32 Å². The Balaban J connectivity index is 1.70. The second kappa shape index (κ2) is 6.75. The van der Waals surface area contributed by atoms with Crippen molar-refractivity contribution in [2.24, 2.45) is 0 Å². The highest BCUT2D eigenvalue weighted by atomic mass is 16.5. The summed E-state index contributed by atoms with van der Waals surface area (Å²) in [7, 11) is 0. The molecule has 0 bridgehead atoms. The molecule has 122 valence electrons. The molecule has 0 aliphatic rings. The summed E-state index contributed by atoms with van der Waals surface area (Å²) in [4.78, 5) is 12.4. The first-order valence-electron chi connectivity index (χ1n) is 8.06. The van der Waals surface area contributed by atoms with Crippen molar-refractivity contribution < 1.29 is 9.53 Å². The van der Waals surface area contributed by atoms with Crippen LogP contribution >= 0.6 is 0 Å². The fourth-order valence-electron chi connectivity index (χ4n) is 2.69. The summed E-state index contributed by atoms with van der Waals surface area (Å²) in [6.45, 7) is 5.78. The second-order valence-electron chi connectivity index (χ2n) is 6.08. The highest BCUT2D eigenvalue weighted by molar-refractivity contribution is 5.96. The van der Waals surface area contributed by atoms with Crippen LogP contribution in [0.2, 0.25) is 0 Å². The van der Waals surface area contributed by atoms with Gasteiger partial charge in [0, 0.05) is 5.69 Å². The zero-order valence-corrected chi connectivity index (χ0v) is 14.2. The molecule has 0 saturated heterocycles. The molecule has 3 aromatic carbocycles. The van der Waals surface area contributed by atoms with Gasteiger partial charge in [-0.05, 0) is 55.3 Å². The monoisotopic (exact) mass is 319 g/mol. The number of carbonyl (C=O) groups is 1. The van der Waals surface area contributed by atoms with Crippen molar-refractivity contribution in [3.63, 3.8) is 0 Å². The SMILES string of the molecule is Cc1ccc(O[C@@H](C)C(=O)Nc2ccc3ccccc3c2)c(C)c1. The van der Waals surface area contributed by atoms with Gasteiger partial charge < -0.3 is 10.1 Å². The van der Waals surface area contributed by atoms with Crippen LogP contribution in [0.15, 0.2) is 60.7 Å². The van der Waals surface area contributed by atoms with Crippen LogP contribution in [0.5, 0.6) is 5.75 Å². The number of nitrogens with one attached hydrogen (secondary N) is 1. The molecular weight excluding hydrogens is 298 g/mol. The Bertz CT molecular complexity index is 886. The molecule has 3 heteroatoms. The van der Waals surface area contributed by atoms with Gasteiger partial charge in [0.2, 0.25) is 0 Å². The molecule has 0 unspecified atom stereocenters. The van der Waals surface area contributed by atoms with Crippen molar-refractivity contribution in [3.05, 3.63) is 71.8 Å². The number of aryl methyl sites for hydroxylation is 2. The molecular formula is C21H21NO2. The van der Waals surface area contributed by atoms with Gasteiger partial charge in [-0.1, -0.05) is 48.0 Å². The number of carbonyl (C=O) groups excluding carboxylic acids is 1. The maximum atomic E-state index is 12.4. The smallest absolute Gasteiger partial charge is 0.265 e. The first-order chi connectivity index (χ1) is 11.5. The maximum absolute atomic E-state index is 12.4. The van der Waals surface area contributed by atoms with Crippen molar-refractivity contribution in [3.8, 4) is 5.75 Å². The van der Waals surface area contributed by atoms with E-state index in [0.29, 0.717) is 0 Å². The van der Waals surface area contributed by atoms with Crippen molar-refractivity contribution >= 4 is 22.4 Å². The lowest BCUT2D eigenvalue weighted by atomic mass is 10.1. The summed E-state index contributed by atoms with van der Waals surface area (Å²) in [5, 5.41) is 5.16. The zero-order chi connectivity index (χ0) is 17.1. The maximum Gasteiger partial charge on any atom is 0.265 e. The molecule has 0 saturated carbocycles. The van der Waals surface area contributed by atoms with Crippen molar-refractivity contribution in [1.82, 2.24) is 0 Å². The van der Waals surface area contributed by atoms with Gasteiger partial charge in [0.05, 0.1) is 0 Å². The van der Waals surface area contributed by atoms with E-state index in [1.165, 1.54) is 5.56 Å². The molecule has 0 aliphatic carbocycles. The molecule has 3 nitrogen and oxygen atoms in total. The molecule has 0 radical (unpaired) electrons. The topological polar surface area (TPSA) is 38.3 Å². The Morgan fingerprint density at radius 2 is 1.71 bits per heavy atom. The Labute approximate surface area is 142 Å². The van der Waals surface area contributed by atoms with Gasteiger partial charge in [0.25, 0.3) is 5.91 Å².